The number of benzene rings is 1. The summed E-state index contributed by atoms with van der Waals surface area (Å²) in [6.45, 7) is -0.00222. The van der Waals surface area contributed by atoms with Crippen LogP contribution in [0.1, 0.15) is 10.5 Å². The Bertz CT molecular complexity index is 1530. The molecule has 1 amide bonds. The Labute approximate surface area is 208 Å². The van der Waals surface area contributed by atoms with E-state index >= 15 is 0 Å². The maximum absolute atomic E-state index is 12.7. The van der Waals surface area contributed by atoms with Gasteiger partial charge in [0.1, 0.15) is 0 Å². The Kier molecular flexibility index (Phi) is 6.91. The van der Waals surface area contributed by atoms with Crippen molar-refractivity contribution in [3.8, 4) is 11.9 Å². The van der Waals surface area contributed by atoms with Gasteiger partial charge in [0.2, 0.25) is 12.2 Å². The standard InChI is InChI=1S/C19H18N10O7S/c1-35-16-9-15(22-19(23-16)36-2)26-37(33,34)13-5-3-12(4-6-13)21-17(30)14-7-8-27(24-14)11-28-10-20-18(25-28)29(31)32/h3-10H,11H2,1-2H3,(H,21,30)(H,22,23,26). The summed E-state index contributed by atoms with van der Waals surface area (Å²) in [5.41, 5.74) is 0.371. The molecule has 4 aromatic rings. The number of hydrogen-bond donors (Lipinski definition) is 2. The van der Waals surface area contributed by atoms with Crippen LogP contribution in [-0.4, -0.2) is 68.0 Å². The molecular weight excluding hydrogens is 512 g/mol. The van der Waals surface area contributed by atoms with Crippen molar-refractivity contribution in [1.82, 2.24) is 34.5 Å². The van der Waals surface area contributed by atoms with E-state index in [1.807, 2.05) is 0 Å². The smallest absolute Gasteiger partial charge is 0.481 e. The number of rotatable bonds is 10. The van der Waals surface area contributed by atoms with Crippen LogP contribution in [0.5, 0.6) is 11.9 Å². The summed E-state index contributed by atoms with van der Waals surface area (Å²) < 4.78 is 40.3. The van der Waals surface area contributed by atoms with Gasteiger partial charge in [-0.25, -0.2) is 13.1 Å². The van der Waals surface area contributed by atoms with Gasteiger partial charge in [0.25, 0.3) is 15.9 Å². The largest absolute Gasteiger partial charge is 0.491 e. The van der Waals surface area contributed by atoms with Crippen molar-refractivity contribution in [2.75, 3.05) is 24.3 Å². The number of amides is 1. The molecule has 0 bridgehead atoms. The average Bonchev–Trinajstić information content (AvgIpc) is 3.54. The summed E-state index contributed by atoms with van der Waals surface area (Å²) in [4.78, 5) is 33.8. The number of methoxy groups -OCH3 is 2. The number of sulfonamides is 1. The van der Waals surface area contributed by atoms with E-state index in [0.717, 1.165) is 0 Å². The fourth-order valence-corrected chi connectivity index (χ4v) is 3.90. The fourth-order valence-electron chi connectivity index (χ4n) is 2.91. The number of nitrogens with zero attached hydrogens (tertiary/aromatic N) is 8. The molecule has 1 aromatic carbocycles. The first-order valence-corrected chi connectivity index (χ1v) is 11.6. The van der Waals surface area contributed by atoms with Crippen LogP contribution >= 0.6 is 0 Å². The molecule has 0 unspecified atom stereocenters. The van der Waals surface area contributed by atoms with Crippen LogP contribution in [0.25, 0.3) is 0 Å². The van der Waals surface area contributed by atoms with Crippen LogP contribution in [0.3, 0.4) is 0 Å². The molecule has 0 fully saturated rings. The number of anilines is 2. The van der Waals surface area contributed by atoms with Crippen molar-refractivity contribution in [2.24, 2.45) is 0 Å². The van der Waals surface area contributed by atoms with Crippen molar-refractivity contribution >= 4 is 33.4 Å². The summed E-state index contributed by atoms with van der Waals surface area (Å²) in [6.07, 6.45) is 2.66. The zero-order valence-electron chi connectivity index (χ0n) is 19.2. The number of nitro groups is 1. The average molecular weight is 530 g/mol. The highest BCUT2D eigenvalue weighted by Crippen LogP contribution is 2.21. The normalized spacial score (nSPS) is 11.1. The highest BCUT2D eigenvalue weighted by atomic mass is 32.2. The Morgan fingerprint density at radius 1 is 1.08 bits per heavy atom. The van der Waals surface area contributed by atoms with Crippen LogP contribution in [-0.2, 0) is 16.7 Å². The second-order valence-corrected chi connectivity index (χ2v) is 8.77. The van der Waals surface area contributed by atoms with Crippen LogP contribution in [0.15, 0.2) is 53.8 Å². The van der Waals surface area contributed by atoms with E-state index in [2.05, 4.69) is 35.2 Å². The molecule has 192 valence electrons. The number of carbonyl (C=O) groups is 1. The van der Waals surface area contributed by atoms with Crippen LogP contribution in [0, 0.1) is 10.1 Å². The molecule has 0 saturated heterocycles. The van der Waals surface area contributed by atoms with Gasteiger partial charge in [-0.1, -0.05) is 4.98 Å². The van der Waals surface area contributed by atoms with Crippen molar-refractivity contribution in [3.63, 3.8) is 0 Å². The summed E-state index contributed by atoms with van der Waals surface area (Å²) in [5, 5.41) is 21.1. The molecule has 3 aromatic heterocycles. The molecule has 0 saturated carbocycles. The van der Waals surface area contributed by atoms with E-state index in [-0.39, 0.29) is 35.0 Å². The third kappa shape index (κ3) is 5.93. The second kappa shape index (κ2) is 10.2. The Morgan fingerprint density at radius 3 is 2.49 bits per heavy atom. The molecule has 3 heterocycles. The molecule has 2 N–H and O–H groups in total. The highest BCUT2D eigenvalue weighted by molar-refractivity contribution is 7.92. The molecule has 4 rings (SSSR count). The van der Waals surface area contributed by atoms with E-state index in [9.17, 15) is 23.3 Å². The number of carbonyl (C=O) groups excluding carboxylic acids is 1. The predicted octanol–water partition coefficient (Wildman–Crippen LogP) is 0.749. The third-order valence-electron chi connectivity index (χ3n) is 4.59. The third-order valence-corrected chi connectivity index (χ3v) is 5.96. The van der Waals surface area contributed by atoms with Gasteiger partial charge < -0.3 is 24.9 Å². The monoisotopic (exact) mass is 530 g/mol. The lowest BCUT2D eigenvalue weighted by atomic mass is 10.3. The van der Waals surface area contributed by atoms with Gasteiger partial charge in [0.05, 0.1) is 19.1 Å². The molecule has 18 heteroatoms. The summed E-state index contributed by atoms with van der Waals surface area (Å²) in [7, 11) is -1.33. The molecule has 0 radical (unpaired) electrons. The van der Waals surface area contributed by atoms with Crippen molar-refractivity contribution < 1.29 is 27.6 Å². The second-order valence-electron chi connectivity index (χ2n) is 7.09. The van der Waals surface area contributed by atoms with Crippen molar-refractivity contribution in [3.05, 3.63) is 64.7 Å². The molecule has 17 nitrogen and oxygen atoms in total. The van der Waals surface area contributed by atoms with E-state index in [1.54, 1.807) is 0 Å². The van der Waals surface area contributed by atoms with E-state index in [1.165, 1.54) is 72.5 Å². The minimum Gasteiger partial charge on any atom is -0.481 e. The topological polar surface area (TPSA) is 211 Å². The van der Waals surface area contributed by atoms with E-state index < -0.39 is 26.8 Å². The first-order valence-electron chi connectivity index (χ1n) is 10.2. The SMILES string of the molecule is COc1cc(NS(=O)(=O)c2ccc(NC(=O)c3ccn(Cn4cnc([N+](=O)[O-])n4)n3)cc2)nc(OC)n1. The Hall–Kier alpha value is -5.13. The molecule has 0 spiro atoms. The highest BCUT2D eigenvalue weighted by Gasteiger charge is 2.18. The summed E-state index contributed by atoms with van der Waals surface area (Å²) in [6, 6.07) is 8.04. The summed E-state index contributed by atoms with van der Waals surface area (Å²) in [5.74, 6) is -1.07. The van der Waals surface area contributed by atoms with Gasteiger partial charge in [-0.15, -0.1) is 0 Å². The van der Waals surface area contributed by atoms with Gasteiger partial charge >= 0.3 is 12.0 Å². The first-order chi connectivity index (χ1) is 17.7. The van der Waals surface area contributed by atoms with Gasteiger partial charge in [0.15, 0.2) is 18.2 Å². The fraction of sp³-hybridized carbons (Fsp3) is 0.158. The van der Waals surface area contributed by atoms with Crippen molar-refractivity contribution in [1.29, 1.82) is 0 Å². The van der Waals surface area contributed by atoms with Gasteiger partial charge in [0, 0.05) is 23.0 Å². The number of ether oxygens (including phenoxy) is 2. The molecule has 37 heavy (non-hydrogen) atoms. The zero-order valence-corrected chi connectivity index (χ0v) is 20.0. The van der Waals surface area contributed by atoms with Gasteiger partial charge in [-0.05, 0) is 35.3 Å². The minimum absolute atomic E-state index is 0.00222. The molecule has 0 aliphatic carbocycles. The van der Waals surface area contributed by atoms with E-state index in [4.69, 9.17) is 9.47 Å². The molecule has 0 atom stereocenters. The number of hydrogen-bond acceptors (Lipinski definition) is 12. The van der Waals surface area contributed by atoms with Crippen LogP contribution in [0.4, 0.5) is 17.5 Å². The lowest BCUT2D eigenvalue weighted by Crippen LogP contribution is -2.16. The van der Waals surface area contributed by atoms with Crippen LogP contribution < -0.4 is 19.5 Å². The van der Waals surface area contributed by atoms with Gasteiger partial charge in [-0.3, -0.25) is 9.52 Å². The van der Waals surface area contributed by atoms with E-state index in [0.29, 0.717) is 5.69 Å². The van der Waals surface area contributed by atoms with Gasteiger partial charge in [-0.2, -0.15) is 19.7 Å². The molecular formula is C19H18N10O7S. The zero-order chi connectivity index (χ0) is 26.6. The predicted molar refractivity (Wildman–Crippen MR) is 125 cm³/mol. The maximum Gasteiger partial charge on any atom is 0.491 e. The van der Waals surface area contributed by atoms with Crippen LogP contribution in [0.2, 0.25) is 0 Å². The Morgan fingerprint density at radius 2 is 1.84 bits per heavy atom. The quantitative estimate of drug-likeness (QED) is 0.215. The number of aromatic nitrogens is 7. The summed E-state index contributed by atoms with van der Waals surface area (Å²) >= 11 is 0. The lowest BCUT2D eigenvalue weighted by molar-refractivity contribution is -0.394. The molecule has 0 aliphatic heterocycles. The molecule has 0 aliphatic rings. The Balaban J connectivity index is 1.40. The first kappa shape index (κ1) is 25.0. The lowest BCUT2D eigenvalue weighted by Gasteiger charge is -2.10. The number of nitrogens with one attached hydrogen (secondary N) is 2. The van der Waals surface area contributed by atoms with Crippen molar-refractivity contribution in [2.45, 2.75) is 11.6 Å². The maximum atomic E-state index is 12.7. The minimum atomic E-state index is -4.03.